The van der Waals surface area contributed by atoms with E-state index in [0.29, 0.717) is 19.0 Å². The van der Waals surface area contributed by atoms with Crippen LogP contribution in [0.4, 0.5) is 0 Å². The van der Waals surface area contributed by atoms with Crippen molar-refractivity contribution in [2.24, 2.45) is 0 Å². The van der Waals surface area contributed by atoms with Crippen LogP contribution in [0.5, 0.6) is 0 Å². The summed E-state index contributed by atoms with van der Waals surface area (Å²) in [6.45, 7) is 2.98. The Morgan fingerprint density at radius 3 is 2.29 bits per heavy atom. The lowest BCUT2D eigenvalue weighted by molar-refractivity contribution is 0.0416. The lowest BCUT2D eigenvalue weighted by atomic mass is 10.2. The molecule has 4 heteroatoms. The molecular weight excluding hydrogens is 200 g/mol. The Labute approximate surface area is 86.8 Å². The predicted molar refractivity (Wildman–Crippen MR) is 57.2 cm³/mol. The van der Waals surface area contributed by atoms with E-state index in [1.165, 1.54) is 12.8 Å². The Morgan fingerprint density at radius 1 is 1.14 bits per heavy atom. The summed E-state index contributed by atoms with van der Waals surface area (Å²) >= 11 is 0. The fourth-order valence-electron chi connectivity index (χ4n) is 1.49. The highest BCUT2D eigenvalue weighted by Gasteiger charge is 2.31. The third kappa shape index (κ3) is 3.58. The monoisotopic (exact) mass is 220 g/mol. The Balaban J connectivity index is 2.10. The van der Waals surface area contributed by atoms with Crippen LogP contribution in [-0.4, -0.2) is 32.6 Å². The molecule has 84 valence electrons. The first-order valence-electron chi connectivity index (χ1n) is 5.46. The van der Waals surface area contributed by atoms with Gasteiger partial charge in [-0.2, -0.15) is 0 Å². The van der Waals surface area contributed by atoms with E-state index < -0.39 is 9.84 Å². The van der Waals surface area contributed by atoms with E-state index in [2.05, 4.69) is 6.92 Å². The minimum Gasteiger partial charge on any atom is -0.379 e. The van der Waals surface area contributed by atoms with Gasteiger partial charge in [0.25, 0.3) is 0 Å². The van der Waals surface area contributed by atoms with Crippen LogP contribution >= 0.6 is 0 Å². The Bertz CT molecular complexity index is 242. The molecule has 1 heterocycles. The van der Waals surface area contributed by atoms with Gasteiger partial charge < -0.3 is 4.74 Å². The smallest absolute Gasteiger partial charge is 0.157 e. The van der Waals surface area contributed by atoms with Gasteiger partial charge in [-0.1, -0.05) is 32.6 Å². The lowest BCUT2D eigenvalue weighted by Gasteiger charge is -2.25. The molecule has 0 spiro atoms. The van der Waals surface area contributed by atoms with Crippen LogP contribution in [-0.2, 0) is 14.6 Å². The summed E-state index contributed by atoms with van der Waals surface area (Å²) in [5.41, 5.74) is 0. The van der Waals surface area contributed by atoms with Crippen molar-refractivity contribution < 1.29 is 13.2 Å². The average molecular weight is 220 g/mol. The minimum absolute atomic E-state index is 0.200. The molecule has 0 saturated carbocycles. The minimum atomic E-state index is -2.84. The molecule has 1 aliphatic rings. The van der Waals surface area contributed by atoms with Crippen LogP contribution in [0.15, 0.2) is 0 Å². The third-order valence-electron chi connectivity index (χ3n) is 2.65. The number of hydrogen-bond acceptors (Lipinski definition) is 3. The SMILES string of the molecule is CCCCCCCS(=O)(=O)C1COC1. The zero-order valence-electron chi connectivity index (χ0n) is 8.87. The lowest BCUT2D eigenvalue weighted by Crippen LogP contribution is -2.41. The number of unbranched alkanes of at least 4 members (excludes halogenated alkanes) is 4. The molecule has 14 heavy (non-hydrogen) atoms. The highest BCUT2D eigenvalue weighted by atomic mass is 32.2. The van der Waals surface area contributed by atoms with E-state index in [4.69, 9.17) is 4.74 Å². The maximum absolute atomic E-state index is 11.6. The van der Waals surface area contributed by atoms with Crippen LogP contribution in [0.2, 0.25) is 0 Å². The quantitative estimate of drug-likeness (QED) is 0.614. The molecular formula is C10H20O3S. The summed E-state index contributed by atoms with van der Waals surface area (Å²) in [5.74, 6) is 0.352. The molecule has 0 aromatic carbocycles. The largest absolute Gasteiger partial charge is 0.379 e. The van der Waals surface area contributed by atoms with Gasteiger partial charge in [-0.15, -0.1) is 0 Å². The van der Waals surface area contributed by atoms with Crippen LogP contribution in [0.3, 0.4) is 0 Å². The first-order valence-corrected chi connectivity index (χ1v) is 7.17. The normalized spacial score (nSPS) is 18.1. The van der Waals surface area contributed by atoms with E-state index in [1.54, 1.807) is 0 Å². The summed E-state index contributed by atoms with van der Waals surface area (Å²) in [4.78, 5) is 0. The second-order valence-corrected chi connectivity index (χ2v) is 6.34. The molecule has 1 saturated heterocycles. The van der Waals surface area contributed by atoms with E-state index in [-0.39, 0.29) is 5.25 Å². The second-order valence-electron chi connectivity index (χ2n) is 3.94. The molecule has 1 aliphatic heterocycles. The Hall–Kier alpha value is -0.0900. The molecule has 0 aromatic rings. The Morgan fingerprint density at radius 2 is 1.79 bits per heavy atom. The van der Waals surface area contributed by atoms with Crippen LogP contribution in [0, 0.1) is 0 Å². The van der Waals surface area contributed by atoms with Crippen LogP contribution < -0.4 is 0 Å². The fourth-order valence-corrected chi connectivity index (χ4v) is 3.04. The van der Waals surface area contributed by atoms with Gasteiger partial charge in [0, 0.05) is 0 Å². The molecule has 0 bridgehead atoms. The average Bonchev–Trinajstić information content (AvgIpc) is 1.99. The topological polar surface area (TPSA) is 43.4 Å². The van der Waals surface area contributed by atoms with Crippen molar-refractivity contribution >= 4 is 9.84 Å². The molecule has 0 N–H and O–H groups in total. The molecule has 1 rings (SSSR count). The molecule has 1 fully saturated rings. The summed E-state index contributed by atoms with van der Waals surface area (Å²) < 4.78 is 28.0. The summed E-state index contributed by atoms with van der Waals surface area (Å²) in [6.07, 6.45) is 5.43. The highest BCUT2D eigenvalue weighted by Crippen LogP contribution is 2.15. The van der Waals surface area contributed by atoms with Crippen molar-refractivity contribution in [1.82, 2.24) is 0 Å². The number of rotatable bonds is 7. The van der Waals surface area contributed by atoms with E-state index >= 15 is 0 Å². The number of hydrogen-bond donors (Lipinski definition) is 0. The standard InChI is InChI=1S/C10H20O3S/c1-2-3-4-5-6-7-14(11,12)10-8-13-9-10/h10H,2-9H2,1H3. The first kappa shape index (κ1) is 12.0. The van der Waals surface area contributed by atoms with Crippen LogP contribution in [0.25, 0.3) is 0 Å². The summed E-state index contributed by atoms with van der Waals surface area (Å²) in [7, 11) is -2.84. The van der Waals surface area contributed by atoms with Gasteiger partial charge in [-0.05, 0) is 6.42 Å². The number of sulfone groups is 1. The van der Waals surface area contributed by atoms with Crippen molar-refractivity contribution in [2.45, 2.75) is 44.3 Å². The van der Waals surface area contributed by atoms with Gasteiger partial charge in [0.1, 0.15) is 5.25 Å². The van der Waals surface area contributed by atoms with Crippen molar-refractivity contribution in [1.29, 1.82) is 0 Å². The van der Waals surface area contributed by atoms with Gasteiger partial charge in [0.15, 0.2) is 9.84 Å². The van der Waals surface area contributed by atoms with Gasteiger partial charge in [0.2, 0.25) is 0 Å². The first-order chi connectivity index (χ1) is 6.67. The van der Waals surface area contributed by atoms with Gasteiger partial charge in [-0.25, -0.2) is 8.42 Å². The molecule has 0 radical (unpaired) electrons. The summed E-state index contributed by atoms with van der Waals surface area (Å²) in [5, 5.41) is -0.200. The second kappa shape index (κ2) is 5.71. The molecule has 0 unspecified atom stereocenters. The molecule has 0 amide bonds. The van der Waals surface area contributed by atoms with Crippen molar-refractivity contribution in [3.05, 3.63) is 0 Å². The maximum atomic E-state index is 11.6. The number of ether oxygens (including phenoxy) is 1. The van der Waals surface area contributed by atoms with E-state index in [1.807, 2.05) is 0 Å². The van der Waals surface area contributed by atoms with Gasteiger partial charge in [0.05, 0.1) is 19.0 Å². The van der Waals surface area contributed by atoms with Gasteiger partial charge in [-0.3, -0.25) is 0 Å². The fraction of sp³-hybridized carbons (Fsp3) is 1.00. The van der Waals surface area contributed by atoms with E-state index in [0.717, 1.165) is 19.3 Å². The molecule has 3 nitrogen and oxygen atoms in total. The zero-order valence-corrected chi connectivity index (χ0v) is 9.68. The third-order valence-corrected chi connectivity index (χ3v) is 4.79. The highest BCUT2D eigenvalue weighted by molar-refractivity contribution is 7.92. The molecule has 0 aliphatic carbocycles. The summed E-state index contributed by atoms with van der Waals surface area (Å²) in [6, 6.07) is 0. The molecule has 0 aromatic heterocycles. The van der Waals surface area contributed by atoms with Crippen molar-refractivity contribution in [2.75, 3.05) is 19.0 Å². The maximum Gasteiger partial charge on any atom is 0.157 e. The van der Waals surface area contributed by atoms with E-state index in [9.17, 15) is 8.42 Å². The van der Waals surface area contributed by atoms with Crippen LogP contribution in [0.1, 0.15) is 39.0 Å². The Kier molecular flexibility index (Phi) is 4.89. The molecule has 0 atom stereocenters. The van der Waals surface area contributed by atoms with Crippen molar-refractivity contribution in [3.63, 3.8) is 0 Å². The van der Waals surface area contributed by atoms with Gasteiger partial charge >= 0.3 is 0 Å². The predicted octanol–water partition coefficient (Wildman–Crippen LogP) is 1.77. The zero-order chi connectivity index (χ0) is 10.4. The van der Waals surface area contributed by atoms with Crippen molar-refractivity contribution in [3.8, 4) is 0 Å².